The van der Waals surface area contributed by atoms with Crippen molar-refractivity contribution in [3.8, 4) is 0 Å². The van der Waals surface area contributed by atoms with Gasteiger partial charge in [-0.15, -0.1) is 6.58 Å². The van der Waals surface area contributed by atoms with E-state index >= 15 is 0 Å². The molecule has 15 heavy (non-hydrogen) atoms. The summed E-state index contributed by atoms with van der Waals surface area (Å²) in [6.07, 6.45) is 5.84. The Balaban J connectivity index is 2.33. The molecule has 0 aromatic carbocycles. The summed E-state index contributed by atoms with van der Waals surface area (Å²) in [6.45, 7) is 6.87. The van der Waals surface area contributed by atoms with Gasteiger partial charge in [0.05, 0.1) is 6.10 Å². The van der Waals surface area contributed by atoms with E-state index in [4.69, 9.17) is 0 Å². The van der Waals surface area contributed by atoms with Crippen molar-refractivity contribution in [1.82, 2.24) is 4.57 Å². The Morgan fingerprint density at radius 2 is 2.47 bits per heavy atom. The zero-order valence-electron chi connectivity index (χ0n) is 9.37. The van der Waals surface area contributed by atoms with Gasteiger partial charge in [-0.1, -0.05) is 6.08 Å². The molecule has 1 atom stereocenters. The zero-order valence-corrected chi connectivity index (χ0v) is 9.37. The lowest BCUT2D eigenvalue weighted by Gasteiger charge is -2.20. The van der Waals surface area contributed by atoms with E-state index in [-0.39, 0.29) is 6.10 Å². The molecule has 0 saturated carbocycles. The van der Waals surface area contributed by atoms with Crippen molar-refractivity contribution in [2.75, 3.05) is 0 Å². The molecule has 1 heterocycles. The lowest BCUT2D eigenvalue weighted by atomic mass is 9.95. The number of aromatic nitrogens is 1. The normalized spacial score (nSPS) is 20.0. The number of fused-ring (bicyclic) bond motifs is 1. The first kappa shape index (κ1) is 10.5. The van der Waals surface area contributed by atoms with Crippen LogP contribution in [-0.4, -0.2) is 9.67 Å². The Hall–Kier alpha value is -1.02. The second-order valence-corrected chi connectivity index (χ2v) is 4.32. The Labute approximate surface area is 91.2 Å². The summed E-state index contributed by atoms with van der Waals surface area (Å²) in [4.78, 5) is 0. The van der Waals surface area contributed by atoms with Crippen LogP contribution in [0.25, 0.3) is 0 Å². The lowest BCUT2D eigenvalue weighted by Crippen LogP contribution is -2.12. The van der Waals surface area contributed by atoms with Crippen LogP contribution in [-0.2, 0) is 13.0 Å². The lowest BCUT2D eigenvalue weighted by molar-refractivity contribution is 0.155. The molecular formula is C13H19NO. The van der Waals surface area contributed by atoms with Gasteiger partial charge in [0.15, 0.2) is 0 Å². The molecule has 1 N–H and O–H groups in total. The first-order chi connectivity index (χ1) is 7.24. The quantitative estimate of drug-likeness (QED) is 0.754. The Bertz CT molecular complexity index is 365. The molecule has 0 spiro atoms. The van der Waals surface area contributed by atoms with Crippen LogP contribution in [0.15, 0.2) is 18.7 Å². The molecule has 2 heteroatoms. The molecular weight excluding hydrogens is 186 g/mol. The third-order valence-corrected chi connectivity index (χ3v) is 3.26. The van der Waals surface area contributed by atoms with Crippen LogP contribution in [0.5, 0.6) is 0 Å². The smallest absolute Gasteiger partial charge is 0.0807 e. The van der Waals surface area contributed by atoms with Crippen molar-refractivity contribution in [2.24, 2.45) is 0 Å². The maximum absolute atomic E-state index is 9.89. The van der Waals surface area contributed by atoms with Crippen molar-refractivity contribution < 1.29 is 5.11 Å². The molecule has 1 aromatic rings. The van der Waals surface area contributed by atoms with Gasteiger partial charge in [0.1, 0.15) is 0 Å². The molecule has 0 bridgehead atoms. The number of hydrogen-bond donors (Lipinski definition) is 1. The summed E-state index contributed by atoms with van der Waals surface area (Å²) in [5, 5.41) is 9.89. The summed E-state index contributed by atoms with van der Waals surface area (Å²) in [5.74, 6) is 0. The molecule has 2 rings (SSSR count). The third-order valence-electron chi connectivity index (χ3n) is 3.26. The van der Waals surface area contributed by atoms with E-state index in [2.05, 4.69) is 24.1 Å². The van der Waals surface area contributed by atoms with Gasteiger partial charge in [-0.25, -0.2) is 0 Å². The maximum Gasteiger partial charge on any atom is 0.0807 e. The molecule has 1 unspecified atom stereocenters. The first-order valence-electron chi connectivity index (χ1n) is 5.72. The molecule has 0 radical (unpaired) electrons. The average Bonchev–Trinajstić information content (AvgIpc) is 2.54. The summed E-state index contributed by atoms with van der Waals surface area (Å²) in [7, 11) is 0. The van der Waals surface area contributed by atoms with Gasteiger partial charge in [0.2, 0.25) is 0 Å². The van der Waals surface area contributed by atoms with Gasteiger partial charge in [0, 0.05) is 23.5 Å². The van der Waals surface area contributed by atoms with E-state index in [0.29, 0.717) is 0 Å². The first-order valence-corrected chi connectivity index (χ1v) is 5.72. The fraction of sp³-hybridized carbons (Fsp3) is 0.538. The third kappa shape index (κ3) is 1.86. The second-order valence-electron chi connectivity index (χ2n) is 4.32. The highest BCUT2D eigenvalue weighted by atomic mass is 16.3. The Morgan fingerprint density at radius 3 is 3.20 bits per heavy atom. The summed E-state index contributed by atoms with van der Waals surface area (Å²) in [5.41, 5.74) is 3.76. The fourth-order valence-electron chi connectivity index (χ4n) is 2.47. The molecule has 0 saturated heterocycles. The number of aryl methyl sites for hydroxylation is 1. The van der Waals surface area contributed by atoms with Crippen LogP contribution >= 0.6 is 0 Å². The van der Waals surface area contributed by atoms with Crippen LogP contribution in [0.2, 0.25) is 0 Å². The monoisotopic (exact) mass is 205 g/mol. The number of nitrogens with zero attached hydrogens (tertiary/aromatic N) is 1. The summed E-state index contributed by atoms with van der Waals surface area (Å²) >= 11 is 0. The van der Waals surface area contributed by atoms with Gasteiger partial charge in [-0.2, -0.15) is 0 Å². The van der Waals surface area contributed by atoms with Crippen molar-refractivity contribution in [3.05, 3.63) is 35.7 Å². The molecule has 0 aliphatic heterocycles. The highest BCUT2D eigenvalue weighted by molar-refractivity contribution is 5.31. The predicted molar refractivity (Wildman–Crippen MR) is 61.9 cm³/mol. The highest BCUT2D eigenvalue weighted by Crippen LogP contribution is 2.32. The number of rotatable bonds is 3. The van der Waals surface area contributed by atoms with E-state index < -0.39 is 0 Å². The zero-order chi connectivity index (χ0) is 10.8. The van der Waals surface area contributed by atoms with Crippen LogP contribution < -0.4 is 0 Å². The van der Waals surface area contributed by atoms with Crippen molar-refractivity contribution in [2.45, 2.75) is 45.3 Å². The van der Waals surface area contributed by atoms with E-state index in [9.17, 15) is 5.11 Å². The Kier molecular flexibility index (Phi) is 2.96. The van der Waals surface area contributed by atoms with Crippen LogP contribution in [0.4, 0.5) is 0 Å². The molecule has 0 fully saturated rings. The molecule has 1 aromatic heterocycles. The van der Waals surface area contributed by atoms with E-state index in [1.54, 1.807) is 0 Å². The number of allylic oxidation sites excluding steroid dienone is 1. The van der Waals surface area contributed by atoms with E-state index in [1.165, 1.54) is 11.4 Å². The average molecular weight is 205 g/mol. The minimum absolute atomic E-state index is 0.238. The minimum Gasteiger partial charge on any atom is -0.388 e. The Morgan fingerprint density at radius 1 is 1.67 bits per heavy atom. The molecule has 2 nitrogen and oxygen atoms in total. The SMILES string of the molecule is C=CCCn1c(C)cc2c1CCCC2O. The maximum atomic E-state index is 9.89. The topological polar surface area (TPSA) is 25.2 Å². The second kappa shape index (κ2) is 4.23. The number of aliphatic hydroxyl groups excluding tert-OH is 1. The van der Waals surface area contributed by atoms with Crippen molar-refractivity contribution in [3.63, 3.8) is 0 Å². The summed E-state index contributed by atoms with van der Waals surface area (Å²) < 4.78 is 2.33. The van der Waals surface area contributed by atoms with Crippen LogP contribution in [0, 0.1) is 6.92 Å². The van der Waals surface area contributed by atoms with Gasteiger partial charge in [0.25, 0.3) is 0 Å². The number of hydrogen-bond acceptors (Lipinski definition) is 1. The van der Waals surface area contributed by atoms with Crippen molar-refractivity contribution in [1.29, 1.82) is 0 Å². The van der Waals surface area contributed by atoms with E-state index in [0.717, 1.165) is 37.8 Å². The molecule has 82 valence electrons. The molecule has 1 aliphatic carbocycles. The standard InChI is InChI=1S/C13H19NO/c1-3-4-8-14-10(2)9-11-12(14)6-5-7-13(11)15/h3,9,13,15H,1,4-8H2,2H3. The molecule has 0 amide bonds. The predicted octanol–water partition coefficient (Wildman–Crippen LogP) is 2.74. The van der Waals surface area contributed by atoms with Gasteiger partial charge < -0.3 is 9.67 Å². The number of aliphatic hydroxyl groups is 1. The largest absolute Gasteiger partial charge is 0.388 e. The van der Waals surface area contributed by atoms with Gasteiger partial charge >= 0.3 is 0 Å². The minimum atomic E-state index is -0.238. The molecule has 1 aliphatic rings. The highest BCUT2D eigenvalue weighted by Gasteiger charge is 2.22. The van der Waals surface area contributed by atoms with Crippen molar-refractivity contribution >= 4 is 0 Å². The fourth-order valence-corrected chi connectivity index (χ4v) is 2.47. The van der Waals surface area contributed by atoms with Crippen LogP contribution in [0.3, 0.4) is 0 Å². The van der Waals surface area contributed by atoms with Gasteiger partial charge in [-0.05, 0) is 38.7 Å². The van der Waals surface area contributed by atoms with Crippen LogP contribution in [0.1, 0.15) is 42.3 Å². The summed E-state index contributed by atoms with van der Waals surface area (Å²) in [6, 6.07) is 2.14. The van der Waals surface area contributed by atoms with Gasteiger partial charge in [-0.3, -0.25) is 0 Å². The van der Waals surface area contributed by atoms with E-state index in [1.807, 2.05) is 6.08 Å².